The zero-order valence-corrected chi connectivity index (χ0v) is 12.1. The number of amides is 1. The monoisotopic (exact) mass is 279 g/mol. The third-order valence-corrected chi connectivity index (χ3v) is 3.33. The van der Waals surface area contributed by atoms with Gasteiger partial charge in [0.05, 0.1) is 4.92 Å². The zero-order valence-electron chi connectivity index (χ0n) is 12.1. The normalized spacial score (nSPS) is 12.2. The highest BCUT2D eigenvalue weighted by atomic mass is 16.6. The second kappa shape index (κ2) is 7.00. The lowest BCUT2D eigenvalue weighted by Gasteiger charge is -2.21. The van der Waals surface area contributed by atoms with Gasteiger partial charge in [0.1, 0.15) is 5.56 Å². The smallest absolute Gasteiger partial charge is 0.282 e. The van der Waals surface area contributed by atoms with E-state index >= 15 is 0 Å². The van der Waals surface area contributed by atoms with E-state index in [9.17, 15) is 14.9 Å². The molecular weight excluding hydrogens is 258 g/mol. The molecule has 0 aliphatic rings. The molecule has 1 unspecified atom stereocenters. The van der Waals surface area contributed by atoms with E-state index in [2.05, 4.69) is 0 Å². The molecule has 20 heavy (non-hydrogen) atoms. The maximum Gasteiger partial charge on any atom is 0.282 e. The van der Waals surface area contributed by atoms with Gasteiger partial charge < -0.3 is 10.6 Å². The van der Waals surface area contributed by atoms with Gasteiger partial charge in [0, 0.05) is 25.7 Å². The lowest BCUT2D eigenvalue weighted by molar-refractivity contribution is -0.385. The molecule has 2 N–H and O–H groups in total. The van der Waals surface area contributed by atoms with Crippen LogP contribution in [0.15, 0.2) is 24.3 Å². The summed E-state index contributed by atoms with van der Waals surface area (Å²) in [5, 5.41) is 10.9. The number of carbonyl (C=O) groups excluding carboxylic acids is 1. The van der Waals surface area contributed by atoms with Gasteiger partial charge in [-0.1, -0.05) is 26.0 Å². The molecule has 0 aliphatic heterocycles. The molecule has 1 atom stereocenters. The predicted molar refractivity (Wildman–Crippen MR) is 77.5 cm³/mol. The standard InChI is InChI=1S/C14H21N3O3/c1-10(2)12(15)8-9-16(3)14(18)11-6-4-5-7-13(11)17(19)20/h4-7,10,12H,8-9,15H2,1-3H3. The van der Waals surface area contributed by atoms with Crippen LogP contribution >= 0.6 is 0 Å². The number of hydrogen-bond donors (Lipinski definition) is 1. The van der Waals surface area contributed by atoms with Crippen LogP contribution in [0, 0.1) is 16.0 Å². The molecule has 1 amide bonds. The largest absolute Gasteiger partial charge is 0.341 e. The Hall–Kier alpha value is -1.95. The van der Waals surface area contributed by atoms with Crippen LogP contribution in [0.1, 0.15) is 30.6 Å². The molecule has 0 spiro atoms. The van der Waals surface area contributed by atoms with E-state index in [4.69, 9.17) is 5.73 Å². The van der Waals surface area contributed by atoms with Gasteiger partial charge in [0.2, 0.25) is 0 Å². The molecule has 1 aromatic rings. The van der Waals surface area contributed by atoms with Crippen LogP contribution in [0.4, 0.5) is 5.69 Å². The molecule has 0 aromatic heterocycles. The number of para-hydroxylation sites is 1. The summed E-state index contributed by atoms with van der Waals surface area (Å²) in [5.74, 6) is -0.0159. The van der Waals surface area contributed by atoms with Crippen LogP contribution in [0.5, 0.6) is 0 Å². The fourth-order valence-corrected chi connectivity index (χ4v) is 1.80. The molecule has 0 aliphatic carbocycles. The van der Waals surface area contributed by atoms with Gasteiger partial charge in [-0.05, 0) is 18.4 Å². The van der Waals surface area contributed by atoms with Crippen LogP contribution in [-0.4, -0.2) is 35.4 Å². The van der Waals surface area contributed by atoms with Gasteiger partial charge in [-0.2, -0.15) is 0 Å². The summed E-state index contributed by atoms with van der Waals surface area (Å²) < 4.78 is 0. The Kier molecular flexibility index (Phi) is 5.64. The van der Waals surface area contributed by atoms with E-state index < -0.39 is 4.92 Å². The maximum absolute atomic E-state index is 12.2. The van der Waals surface area contributed by atoms with Gasteiger partial charge in [0.25, 0.3) is 11.6 Å². The Morgan fingerprint density at radius 2 is 2.00 bits per heavy atom. The molecule has 6 heteroatoms. The highest BCUT2D eigenvalue weighted by molar-refractivity contribution is 5.97. The van der Waals surface area contributed by atoms with Crippen molar-refractivity contribution in [2.24, 2.45) is 11.7 Å². The number of benzene rings is 1. The lowest BCUT2D eigenvalue weighted by Crippen LogP contribution is -2.34. The third kappa shape index (κ3) is 4.03. The molecule has 1 rings (SSSR count). The third-order valence-electron chi connectivity index (χ3n) is 3.33. The fourth-order valence-electron chi connectivity index (χ4n) is 1.80. The summed E-state index contributed by atoms with van der Waals surface area (Å²) in [5.41, 5.74) is 5.88. The summed E-state index contributed by atoms with van der Waals surface area (Å²) in [6.07, 6.45) is 0.667. The average molecular weight is 279 g/mol. The minimum absolute atomic E-state index is 0.0102. The number of nitrogens with zero attached hydrogens (tertiary/aromatic N) is 2. The first kappa shape index (κ1) is 16.1. The highest BCUT2D eigenvalue weighted by Crippen LogP contribution is 2.19. The number of hydrogen-bond acceptors (Lipinski definition) is 4. The number of nitrogens with two attached hydrogens (primary N) is 1. The number of carbonyl (C=O) groups is 1. The van der Waals surface area contributed by atoms with Gasteiger partial charge >= 0.3 is 0 Å². The number of nitro benzene ring substituents is 1. The Balaban J connectivity index is 2.77. The van der Waals surface area contributed by atoms with Crippen molar-refractivity contribution in [1.82, 2.24) is 4.90 Å². The van der Waals surface area contributed by atoms with Crippen LogP contribution in [0.3, 0.4) is 0 Å². The second-order valence-electron chi connectivity index (χ2n) is 5.20. The minimum Gasteiger partial charge on any atom is -0.341 e. The first-order valence-corrected chi connectivity index (χ1v) is 6.59. The van der Waals surface area contributed by atoms with Crippen LogP contribution < -0.4 is 5.73 Å². The summed E-state index contributed by atoms with van der Waals surface area (Å²) in [7, 11) is 1.63. The van der Waals surface area contributed by atoms with E-state index in [0.717, 1.165) is 0 Å². The van der Waals surface area contributed by atoms with E-state index in [-0.39, 0.29) is 23.2 Å². The first-order chi connectivity index (χ1) is 9.34. The molecule has 0 bridgehead atoms. The van der Waals surface area contributed by atoms with Crippen molar-refractivity contribution in [3.63, 3.8) is 0 Å². The number of rotatable bonds is 6. The quantitative estimate of drug-likeness (QED) is 0.637. The molecule has 6 nitrogen and oxygen atoms in total. The van der Waals surface area contributed by atoms with E-state index in [1.165, 1.54) is 17.0 Å². The van der Waals surface area contributed by atoms with E-state index in [1.807, 2.05) is 13.8 Å². The van der Waals surface area contributed by atoms with Crippen molar-refractivity contribution in [2.45, 2.75) is 26.3 Å². The second-order valence-corrected chi connectivity index (χ2v) is 5.20. The maximum atomic E-state index is 12.2. The van der Waals surface area contributed by atoms with Gasteiger partial charge in [-0.15, -0.1) is 0 Å². The molecule has 0 saturated heterocycles. The van der Waals surface area contributed by atoms with Crippen molar-refractivity contribution in [3.05, 3.63) is 39.9 Å². The van der Waals surface area contributed by atoms with Crippen LogP contribution in [0.2, 0.25) is 0 Å². The summed E-state index contributed by atoms with van der Waals surface area (Å²) in [6.45, 7) is 4.52. The SMILES string of the molecule is CC(C)C(N)CCN(C)C(=O)c1ccccc1[N+](=O)[O-]. The predicted octanol–water partition coefficient (Wildman–Crippen LogP) is 2.04. The summed E-state index contributed by atoms with van der Waals surface area (Å²) in [6, 6.07) is 5.98. The lowest BCUT2D eigenvalue weighted by atomic mass is 10.0. The van der Waals surface area contributed by atoms with Crippen molar-refractivity contribution >= 4 is 11.6 Å². The Morgan fingerprint density at radius 3 is 2.55 bits per heavy atom. The topological polar surface area (TPSA) is 89.5 Å². The van der Waals surface area contributed by atoms with E-state index in [0.29, 0.717) is 18.9 Å². The summed E-state index contributed by atoms with van der Waals surface area (Å²) >= 11 is 0. The highest BCUT2D eigenvalue weighted by Gasteiger charge is 2.22. The van der Waals surface area contributed by atoms with Crippen molar-refractivity contribution in [2.75, 3.05) is 13.6 Å². The van der Waals surface area contributed by atoms with Gasteiger partial charge in [-0.25, -0.2) is 0 Å². The van der Waals surface area contributed by atoms with Crippen molar-refractivity contribution < 1.29 is 9.72 Å². The fraction of sp³-hybridized carbons (Fsp3) is 0.500. The number of nitro groups is 1. The first-order valence-electron chi connectivity index (χ1n) is 6.59. The Labute approximate surface area is 118 Å². The Morgan fingerprint density at radius 1 is 1.40 bits per heavy atom. The van der Waals surface area contributed by atoms with Crippen LogP contribution in [-0.2, 0) is 0 Å². The molecule has 110 valence electrons. The molecule has 0 saturated carbocycles. The molecule has 0 radical (unpaired) electrons. The molecule has 0 heterocycles. The summed E-state index contributed by atoms with van der Waals surface area (Å²) in [4.78, 5) is 24.1. The minimum atomic E-state index is -0.541. The van der Waals surface area contributed by atoms with E-state index in [1.54, 1.807) is 19.2 Å². The zero-order chi connectivity index (χ0) is 15.3. The molecule has 1 aromatic carbocycles. The van der Waals surface area contributed by atoms with Crippen molar-refractivity contribution in [3.8, 4) is 0 Å². The van der Waals surface area contributed by atoms with Gasteiger partial charge in [0.15, 0.2) is 0 Å². The Bertz CT molecular complexity index is 488. The molecular formula is C14H21N3O3. The molecule has 0 fully saturated rings. The van der Waals surface area contributed by atoms with Gasteiger partial charge in [-0.3, -0.25) is 14.9 Å². The average Bonchev–Trinajstić information content (AvgIpc) is 2.43. The van der Waals surface area contributed by atoms with Crippen molar-refractivity contribution in [1.29, 1.82) is 0 Å². The van der Waals surface area contributed by atoms with Crippen LogP contribution in [0.25, 0.3) is 0 Å².